The molecule has 1 saturated heterocycles. The molecule has 3 rings (SSSR count). The van der Waals surface area contributed by atoms with Crippen LogP contribution in [0.25, 0.3) is 0 Å². The zero-order chi connectivity index (χ0) is 14.8. The lowest BCUT2D eigenvalue weighted by molar-refractivity contribution is -0.142. The van der Waals surface area contributed by atoms with Crippen molar-refractivity contribution >= 4 is 5.97 Å². The maximum absolute atomic E-state index is 11.6. The van der Waals surface area contributed by atoms with E-state index in [-0.39, 0.29) is 6.04 Å². The van der Waals surface area contributed by atoms with E-state index in [1.54, 1.807) is 0 Å². The summed E-state index contributed by atoms with van der Waals surface area (Å²) in [6.45, 7) is 2.81. The van der Waals surface area contributed by atoms with E-state index in [1.807, 2.05) is 6.20 Å². The number of aliphatic carboxylic acids is 1. The summed E-state index contributed by atoms with van der Waals surface area (Å²) in [6.07, 6.45) is 8.50. The molecule has 2 aliphatic rings. The topological polar surface area (TPSA) is 53.4 Å². The predicted octanol–water partition coefficient (Wildman–Crippen LogP) is 2.86. The molecule has 1 saturated carbocycles. The first-order chi connectivity index (χ1) is 10.2. The fourth-order valence-electron chi connectivity index (χ4n) is 3.99. The summed E-state index contributed by atoms with van der Waals surface area (Å²) < 4.78 is 0. The van der Waals surface area contributed by atoms with Gasteiger partial charge in [0.25, 0.3) is 0 Å². The number of rotatable bonds is 4. The first-order valence-electron chi connectivity index (χ1n) is 8.11. The van der Waals surface area contributed by atoms with Crippen molar-refractivity contribution in [3.05, 3.63) is 29.6 Å². The van der Waals surface area contributed by atoms with Gasteiger partial charge in [-0.2, -0.15) is 0 Å². The summed E-state index contributed by atoms with van der Waals surface area (Å²) in [7, 11) is 0. The van der Waals surface area contributed by atoms with E-state index in [4.69, 9.17) is 0 Å². The lowest BCUT2D eigenvalue weighted by Crippen LogP contribution is -2.41. The van der Waals surface area contributed by atoms with Crippen molar-refractivity contribution in [2.45, 2.75) is 64.1 Å². The van der Waals surface area contributed by atoms with Gasteiger partial charge in [-0.1, -0.05) is 25.8 Å². The van der Waals surface area contributed by atoms with Crippen molar-refractivity contribution in [2.24, 2.45) is 5.92 Å². The van der Waals surface area contributed by atoms with Crippen molar-refractivity contribution in [1.29, 1.82) is 0 Å². The van der Waals surface area contributed by atoms with Gasteiger partial charge in [-0.15, -0.1) is 0 Å². The molecule has 2 heterocycles. The Bertz CT molecular complexity index is 500. The number of hydrogen-bond donors (Lipinski definition) is 1. The van der Waals surface area contributed by atoms with Crippen LogP contribution in [-0.2, 0) is 17.8 Å². The molecule has 1 aromatic heterocycles. The fourth-order valence-corrected chi connectivity index (χ4v) is 3.99. The number of pyridine rings is 1. The van der Waals surface area contributed by atoms with Gasteiger partial charge in [0.2, 0.25) is 0 Å². The average Bonchev–Trinajstić information content (AvgIpc) is 2.87. The van der Waals surface area contributed by atoms with Crippen LogP contribution in [0.5, 0.6) is 0 Å². The molecule has 114 valence electrons. The number of carbonyl (C=O) groups is 1. The molecule has 0 aromatic carbocycles. The molecule has 4 nitrogen and oxygen atoms in total. The van der Waals surface area contributed by atoms with Gasteiger partial charge in [-0.3, -0.25) is 14.7 Å². The largest absolute Gasteiger partial charge is 0.480 e. The molecular weight excluding hydrogens is 264 g/mol. The molecule has 2 fully saturated rings. The molecule has 0 amide bonds. The van der Waals surface area contributed by atoms with Gasteiger partial charge >= 0.3 is 5.97 Å². The van der Waals surface area contributed by atoms with Crippen LogP contribution in [0.1, 0.15) is 50.3 Å². The highest BCUT2D eigenvalue weighted by molar-refractivity contribution is 5.74. The van der Waals surface area contributed by atoms with Crippen LogP contribution in [0.4, 0.5) is 0 Å². The average molecular weight is 288 g/mol. The predicted molar refractivity (Wildman–Crippen MR) is 80.9 cm³/mol. The highest BCUT2D eigenvalue weighted by Crippen LogP contribution is 2.40. The summed E-state index contributed by atoms with van der Waals surface area (Å²) >= 11 is 0. The first-order valence-corrected chi connectivity index (χ1v) is 8.11. The standard InChI is InChI=1S/C17H24N2O2/c1-2-14-8-7-12(10-18-14)11-19-15-6-4-3-5-13(15)9-16(19)17(20)21/h7-8,10,13,15-16H,2-6,9,11H2,1H3,(H,20,21). The van der Waals surface area contributed by atoms with E-state index in [0.717, 1.165) is 37.1 Å². The van der Waals surface area contributed by atoms with Crippen molar-refractivity contribution in [3.63, 3.8) is 0 Å². The van der Waals surface area contributed by atoms with Gasteiger partial charge in [-0.25, -0.2) is 0 Å². The lowest BCUT2D eigenvalue weighted by Gasteiger charge is -2.32. The van der Waals surface area contributed by atoms with Gasteiger partial charge in [0.05, 0.1) is 0 Å². The highest BCUT2D eigenvalue weighted by Gasteiger charge is 2.44. The molecular formula is C17H24N2O2. The van der Waals surface area contributed by atoms with Gasteiger partial charge in [0, 0.05) is 24.5 Å². The van der Waals surface area contributed by atoms with Gasteiger partial charge in [0.1, 0.15) is 6.04 Å². The van der Waals surface area contributed by atoms with Crippen LogP contribution in [0.15, 0.2) is 18.3 Å². The summed E-state index contributed by atoms with van der Waals surface area (Å²) in [5.74, 6) is -0.0924. The SMILES string of the molecule is CCc1ccc(CN2C(C(=O)O)CC3CCCCC32)cn1. The van der Waals surface area contributed by atoms with Crippen LogP contribution >= 0.6 is 0 Å². The maximum atomic E-state index is 11.6. The van der Waals surface area contributed by atoms with Crippen molar-refractivity contribution < 1.29 is 9.90 Å². The Morgan fingerprint density at radius 2 is 2.19 bits per heavy atom. The molecule has 3 atom stereocenters. The molecule has 0 spiro atoms. The van der Waals surface area contributed by atoms with Crippen molar-refractivity contribution in [2.75, 3.05) is 0 Å². The van der Waals surface area contributed by atoms with Crippen LogP contribution in [0.2, 0.25) is 0 Å². The van der Waals surface area contributed by atoms with Crippen LogP contribution < -0.4 is 0 Å². The molecule has 0 radical (unpaired) electrons. The minimum Gasteiger partial charge on any atom is -0.480 e. The quantitative estimate of drug-likeness (QED) is 0.925. The molecule has 1 aromatic rings. The Labute approximate surface area is 126 Å². The van der Waals surface area contributed by atoms with E-state index in [1.165, 1.54) is 19.3 Å². The summed E-state index contributed by atoms with van der Waals surface area (Å²) in [4.78, 5) is 18.2. The van der Waals surface area contributed by atoms with Crippen molar-refractivity contribution in [1.82, 2.24) is 9.88 Å². The Hall–Kier alpha value is -1.42. The monoisotopic (exact) mass is 288 g/mol. The molecule has 4 heteroatoms. The van der Waals surface area contributed by atoms with Gasteiger partial charge in [0.15, 0.2) is 0 Å². The van der Waals surface area contributed by atoms with E-state index in [9.17, 15) is 9.90 Å². The van der Waals surface area contributed by atoms with Gasteiger partial charge in [-0.05, 0) is 43.2 Å². The third-order valence-corrected chi connectivity index (χ3v) is 5.12. The number of aromatic nitrogens is 1. The number of aryl methyl sites for hydroxylation is 1. The fraction of sp³-hybridized carbons (Fsp3) is 0.647. The van der Waals surface area contributed by atoms with E-state index in [2.05, 4.69) is 28.9 Å². The second kappa shape index (κ2) is 6.14. The van der Waals surface area contributed by atoms with Crippen molar-refractivity contribution in [3.8, 4) is 0 Å². The first kappa shape index (κ1) is 14.5. The Balaban J connectivity index is 1.77. The second-order valence-electron chi connectivity index (χ2n) is 6.39. The molecule has 1 aliphatic heterocycles. The number of likely N-dealkylation sites (tertiary alicyclic amines) is 1. The highest BCUT2D eigenvalue weighted by atomic mass is 16.4. The van der Waals surface area contributed by atoms with E-state index < -0.39 is 5.97 Å². The molecule has 0 bridgehead atoms. The Morgan fingerprint density at radius 3 is 2.86 bits per heavy atom. The smallest absolute Gasteiger partial charge is 0.320 e. The minimum atomic E-state index is -0.664. The van der Waals surface area contributed by atoms with Crippen LogP contribution in [-0.4, -0.2) is 33.0 Å². The van der Waals surface area contributed by atoms with Gasteiger partial charge < -0.3 is 5.11 Å². The molecule has 1 aliphatic carbocycles. The minimum absolute atomic E-state index is 0.316. The third kappa shape index (κ3) is 2.95. The number of nitrogens with zero attached hydrogens (tertiary/aromatic N) is 2. The normalized spacial score (nSPS) is 29.3. The number of carboxylic acid groups (broad SMARTS) is 1. The Morgan fingerprint density at radius 1 is 1.38 bits per heavy atom. The number of hydrogen-bond acceptors (Lipinski definition) is 3. The second-order valence-corrected chi connectivity index (χ2v) is 6.39. The maximum Gasteiger partial charge on any atom is 0.320 e. The van der Waals surface area contributed by atoms with E-state index in [0.29, 0.717) is 12.0 Å². The third-order valence-electron chi connectivity index (χ3n) is 5.12. The summed E-state index contributed by atoms with van der Waals surface area (Å²) in [6, 6.07) is 4.29. The molecule has 3 unspecified atom stereocenters. The molecule has 21 heavy (non-hydrogen) atoms. The lowest BCUT2D eigenvalue weighted by atomic mass is 9.84. The summed E-state index contributed by atoms with van der Waals surface area (Å²) in [5.41, 5.74) is 2.22. The summed E-state index contributed by atoms with van der Waals surface area (Å²) in [5, 5.41) is 9.53. The molecule has 1 N–H and O–H groups in total. The number of fused-ring (bicyclic) bond motifs is 1. The zero-order valence-electron chi connectivity index (χ0n) is 12.7. The van der Waals surface area contributed by atoms with Crippen LogP contribution in [0, 0.1) is 5.92 Å². The number of carboxylic acids is 1. The Kier molecular flexibility index (Phi) is 4.24. The zero-order valence-corrected chi connectivity index (χ0v) is 12.7. The van der Waals surface area contributed by atoms with E-state index >= 15 is 0 Å². The van der Waals surface area contributed by atoms with Crippen LogP contribution in [0.3, 0.4) is 0 Å².